The topological polar surface area (TPSA) is 98.2 Å². The van der Waals surface area contributed by atoms with Crippen LogP contribution in [-0.4, -0.2) is 17.4 Å². The number of halogens is 2. The molecule has 0 fully saturated rings. The van der Waals surface area contributed by atoms with Gasteiger partial charge in [-0.25, -0.2) is 0 Å². The second-order valence-electron chi connectivity index (χ2n) is 4.48. The molecule has 2 amide bonds. The summed E-state index contributed by atoms with van der Waals surface area (Å²) in [6.07, 6.45) is 0. The number of benzene rings is 1. The maximum atomic E-state index is 11.9. The SMILES string of the molecule is CC(C)(NC(=O)C(N)c1ccccc1Cl)C(N)=O.Cl. The van der Waals surface area contributed by atoms with Crippen LogP contribution in [0.5, 0.6) is 0 Å². The van der Waals surface area contributed by atoms with Crippen molar-refractivity contribution in [2.24, 2.45) is 11.5 Å². The van der Waals surface area contributed by atoms with Crippen molar-refractivity contribution in [1.82, 2.24) is 5.32 Å². The molecule has 0 aliphatic heterocycles. The fourth-order valence-corrected chi connectivity index (χ4v) is 1.57. The first-order chi connectivity index (χ1) is 8.25. The Kier molecular flexibility index (Phi) is 6.29. The van der Waals surface area contributed by atoms with Gasteiger partial charge >= 0.3 is 0 Å². The van der Waals surface area contributed by atoms with Gasteiger partial charge in [-0.1, -0.05) is 29.8 Å². The van der Waals surface area contributed by atoms with Crippen molar-refractivity contribution in [2.75, 3.05) is 0 Å². The Morgan fingerprint density at radius 1 is 1.32 bits per heavy atom. The molecule has 0 radical (unpaired) electrons. The summed E-state index contributed by atoms with van der Waals surface area (Å²) in [6, 6.07) is 5.82. The summed E-state index contributed by atoms with van der Waals surface area (Å²) in [5, 5.41) is 2.88. The van der Waals surface area contributed by atoms with Crippen molar-refractivity contribution in [3.05, 3.63) is 34.9 Å². The van der Waals surface area contributed by atoms with Crippen LogP contribution in [0.3, 0.4) is 0 Å². The average molecular weight is 306 g/mol. The van der Waals surface area contributed by atoms with Gasteiger partial charge in [0.25, 0.3) is 0 Å². The van der Waals surface area contributed by atoms with Crippen LogP contribution in [0.15, 0.2) is 24.3 Å². The van der Waals surface area contributed by atoms with E-state index >= 15 is 0 Å². The van der Waals surface area contributed by atoms with Crippen LogP contribution < -0.4 is 16.8 Å². The summed E-state index contributed by atoms with van der Waals surface area (Å²) in [6.45, 7) is 3.01. The number of nitrogens with one attached hydrogen (secondary N) is 1. The Hall–Kier alpha value is -1.30. The van der Waals surface area contributed by atoms with E-state index < -0.39 is 23.4 Å². The second kappa shape index (κ2) is 6.75. The fraction of sp³-hybridized carbons (Fsp3) is 0.333. The summed E-state index contributed by atoms with van der Waals surface area (Å²) < 4.78 is 0. The lowest BCUT2D eigenvalue weighted by Gasteiger charge is -2.24. The van der Waals surface area contributed by atoms with E-state index in [4.69, 9.17) is 23.1 Å². The van der Waals surface area contributed by atoms with Crippen molar-refractivity contribution < 1.29 is 9.59 Å². The molecule has 0 saturated carbocycles. The number of hydrogen-bond acceptors (Lipinski definition) is 3. The van der Waals surface area contributed by atoms with Crippen molar-refractivity contribution in [3.63, 3.8) is 0 Å². The molecule has 1 aromatic rings. The van der Waals surface area contributed by atoms with Crippen LogP contribution in [0.4, 0.5) is 0 Å². The van der Waals surface area contributed by atoms with Crippen LogP contribution in [-0.2, 0) is 9.59 Å². The molecule has 19 heavy (non-hydrogen) atoms. The number of amides is 2. The molecular weight excluding hydrogens is 289 g/mol. The fourth-order valence-electron chi connectivity index (χ4n) is 1.32. The van der Waals surface area contributed by atoms with Crippen molar-refractivity contribution in [2.45, 2.75) is 25.4 Å². The molecule has 5 nitrogen and oxygen atoms in total. The highest BCUT2D eigenvalue weighted by Crippen LogP contribution is 2.21. The van der Waals surface area contributed by atoms with E-state index in [9.17, 15) is 9.59 Å². The van der Waals surface area contributed by atoms with Gasteiger partial charge in [0, 0.05) is 5.02 Å². The molecule has 0 heterocycles. The minimum absolute atomic E-state index is 0. The van der Waals surface area contributed by atoms with Crippen LogP contribution in [0.1, 0.15) is 25.5 Å². The third kappa shape index (κ3) is 4.38. The van der Waals surface area contributed by atoms with Gasteiger partial charge in [-0.3, -0.25) is 9.59 Å². The predicted octanol–water partition coefficient (Wildman–Crippen LogP) is 1.14. The first-order valence-corrected chi connectivity index (χ1v) is 5.75. The zero-order valence-corrected chi connectivity index (χ0v) is 12.2. The summed E-state index contributed by atoms with van der Waals surface area (Å²) in [5.74, 6) is -1.14. The monoisotopic (exact) mass is 305 g/mol. The van der Waals surface area contributed by atoms with Gasteiger partial charge in [-0.2, -0.15) is 0 Å². The summed E-state index contributed by atoms with van der Waals surface area (Å²) in [7, 11) is 0. The number of carbonyl (C=O) groups excluding carboxylic acids is 2. The highest BCUT2D eigenvalue weighted by Gasteiger charge is 2.30. The Labute approximate surface area is 123 Å². The molecule has 1 aromatic carbocycles. The van der Waals surface area contributed by atoms with E-state index in [2.05, 4.69) is 5.32 Å². The molecular formula is C12H17Cl2N3O2. The number of nitrogens with two attached hydrogens (primary N) is 2. The molecule has 1 unspecified atom stereocenters. The Balaban J connectivity index is 0.00000324. The minimum Gasteiger partial charge on any atom is -0.368 e. The third-order valence-electron chi connectivity index (χ3n) is 2.57. The highest BCUT2D eigenvalue weighted by atomic mass is 35.5. The lowest BCUT2D eigenvalue weighted by Crippen LogP contribution is -2.55. The van der Waals surface area contributed by atoms with E-state index in [1.165, 1.54) is 13.8 Å². The molecule has 7 heteroatoms. The van der Waals surface area contributed by atoms with Gasteiger partial charge in [0.15, 0.2) is 0 Å². The molecule has 0 bridgehead atoms. The Morgan fingerprint density at radius 3 is 2.32 bits per heavy atom. The minimum atomic E-state index is -1.16. The maximum absolute atomic E-state index is 11.9. The van der Waals surface area contributed by atoms with Gasteiger partial charge in [-0.05, 0) is 25.5 Å². The predicted molar refractivity (Wildman–Crippen MR) is 77.0 cm³/mol. The van der Waals surface area contributed by atoms with E-state index in [1.807, 2.05) is 0 Å². The van der Waals surface area contributed by atoms with E-state index in [-0.39, 0.29) is 12.4 Å². The van der Waals surface area contributed by atoms with Crippen LogP contribution in [0.2, 0.25) is 5.02 Å². The summed E-state index contributed by atoms with van der Waals surface area (Å²) in [5.41, 5.74) is 10.3. The molecule has 1 rings (SSSR count). The molecule has 5 N–H and O–H groups in total. The summed E-state index contributed by atoms with van der Waals surface area (Å²) in [4.78, 5) is 23.0. The first kappa shape index (κ1) is 17.7. The number of primary amides is 1. The van der Waals surface area contributed by atoms with E-state index in [0.29, 0.717) is 10.6 Å². The van der Waals surface area contributed by atoms with Crippen molar-refractivity contribution in [3.8, 4) is 0 Å². The van der Waals surface area contributed by atoms with Crippen LogP contribution >= 0.6 is 24.0 Å². The average Bonchev–Trinajstić information content (AvgIpc) is 2.28. The number of rotatable bonds is 4. The maximum Gasteiger partial charge on any atom is 0.242 e. The van der Waals surface area contributed by atoms with E-state index in [0.717, 1.165) is 0 Å². The van der Waals surface area contributed by atoms with Gasteiger partial charge in [-0.15, -0.1) is 12.4 Å². The first-order valence-electron chi connectivity index (χ1n) is 5.37. The Bertz CT molecular complexity index is 478. The van der Waals surface area contributed by atoms with Gasteiger partial charge in [0.1, 0.15) is 11.6 Å². The lowest BCUT2D eigenvalue weighted by molar-refractivity contribution is -0.131. The molecule has 1 atom stereocenters. The van der Waals surface area contributed by atoms with Gasteiger partial charge < -0.3 is 16.8 Å². The van der Waals surface area contributed by atoms with Crippen LogP contribution in [0, 0.1) is 0 Å². The number of carbonyl (C=O) groups is 2. The molecule has 0 aliphatic rings. The molecule has 0 saturated heterocycles. The zero-order valence-electron chi connectivity index (χ0n) is 10.6. The normalized spacial score (nSPS) is 12.2. The highest BCUT2D eigenvalue weighted by molar-refractivity contribution is 6.31. The third-order valence-corrected chi connectivity index (χ3v) is 2.92. The molecule has 0 aliphatic carbocycles. The van der Waals surface area contributed by atoms with Crippen LogP contribution in [0.25, 0.3) is 0 Å². The molecule has 0 aromatic heterocycles. The number of hydrogen-bond donors (Lipinski definition) is 3. The van der Waals surface area contributed by atoms with E-state index in [1.54, 1.807) is 24.3 Å². The Morgan fingerprint density at radius 2 is 1.84 bits per heavy atom. The van der Waals surface area contributed by atoms with Gasteiger partial charge in [0.2, 0.25) is 11.8 Å². The lowest BCUT2D eigenvalue weighted by atomic mass is 10.0. The molecule has 106 valence electrons. The standard InChI is InChI=1S/C12H16ClN3O2.ClH/c1-12(2,11(15)18)16-10(17)9(14)7-5-3-4-6-8(7)13;/h3-6,9H,14H2,1-2H3,(H2,15,18)(H,16,17);1H. The largest absolute Gasteiger partial charge is 0.368 e. The van der Waals surface area contributed by atoms with Gasteiger partial charge in [0.05, 0.1) is 0 Å². The zero-order chi connectivity index (χ0) is 13.9. The smallest absolute Gasteiger partial charge is 0.242 e. The summed E-state index contributed by atoms with van der Waals surface area (Å²) >= 11 is 5.95. The van der Waals surface area contributed by atoms with Crippen molar-refractivity contribution in [1.29, 1.82) is 0 Å². The van der Waals surface area contributed by atoms with Crippen molar-refractivity contribution >= 4 is 35.8 Å². The second-order valence-corrected chi connectivity index (χ2v) is 4.88. The molecule has 0 spiro atoms. The quantitative estimate of drug-likeness (QED) is 0.778.